The zero-order valence-corrected chi connectivity index (χ0v) is 14.0. The molecule has 0 saturated carbocycles. The highest BCUT2D eigenvalue weighted by molar-refractivity contribution is 7.99. The summed E-state index contributed by atoms with van der Waals surface area (Å²) in [5.41, 5.74) is 3.45. The van der Waals surface area contributed by atoms with E-state index in [2.05, 4.69) is 5.32 Å². The molecule has 0 bridgehead atoms. The van der Waals surface area contributed by atoms with Gasteiger partial charge in [0.2, 0.25) is 0 Å². The van der Waals surface area contributed by atoms with Gasteiger partial charge in [0.05, 0.1) is 11.6 Å². The van der Waals surface area contributed by atoms with Crippen molar-refractivity contribution in [2.24, 2.45) is 5.92 Å². The summed E-state index contributed by atoms with van der Waals surface area (Å²) >= 11 is 2.00. The third-order valence-corrected chi connectivity index (χ3v) is 5.74. The van der Waals surface area contributed by atoms with Gasteiger partial charge in [0.15, 0.2) is 0 Å². The minimum Gasteiger partial charge on any atom is -0.509 e. The molecule has 2 N–H and O–H groups in total. The molecule has 1 saturated heterocycles. The molecular weight excluding hydrogens is 294 g/mol. The van der Waals surface area contributed by atoms with Gasteiger partial charge in [-0.25, -0.2) is 0 Å². The van der Waals surface area contributed by atoms with Crippen molar-refractivity contribution in [2.45, 2.75) is 39.2 Å². The maximum atomic E-state index is 12.4. The molecule has 1 amide bonds. The minimum absolute atomic E-state index is 0.138. The maximum absolute atomic E-state index is 12.4. The number of thioether (sulfide) groups is 1. The summed E-state index contributed by atoms with van der Waals surface area (Å²) in [6, 6.07) is 5.81. The highest BCUT2D eigenvalue weighted by atomic mass is 32.2. The van der Waals surface area contributed by atoms with Crippen molar-refractivity contribution in [3.63, 3.8) is 0 Å². The van der Waals surface area contributed by atoms with Crippen molar-refractivity contribution in [3.05, 3.63) is 40.6 Å². The summed E-state index contributed by atoms with van der Waals surface area (Å²) in [5.74, 6) is 3.09. The summed E-state index contributed by atoms with van der Waals surface area (Å²) in [6.45, 7) is 3.98. The molecule has 1 aromatic rings. The first-order valence-corrected chi connectivity index (χ1v) is 9.11. The first kappa shape index (κ1) is 15.5. The Morgan fingerprint density at radius 2 is 2.00 bits per heavy atom. The minimum atomic E-state index is -0.212. The Labute approximate surface area is 136 Å². The number of hydrogen-bond donors (Lipinski definition) is 2. The van der Waals surface area contributed by atoms with Crippen molar-refractivity contribution in [3.8, 4) is 0 Å². The van der Waals surface area contributed by atoms with Crippen LogP contribution >= 0.6 is 11.8 Å². The predicted molar refractivity (Wildman–Crippen MR) is 92.1 cm³/mol. The summed E-state index contributed by atoms with van der Waals surface area (Å²) in [5, 5.41) is 13.6. The lowest BCUT2D eigenvalue weighted by atomic mass is 9.92. The van der Waals surface area contributed by atoms with Crippen LogP contribution in [0.25, 0.3) is 5.57 Å². The first-order chi connectivity index (χ1) is 10.6. The van der Waals surface area contributed by atoms with Crippen LogP contribution in [0, 0.1) is 19.8 Å². The Hall–Kier alpha value is -1.42. The number of benzene rings is 1. The molecule has 3 rings (SSSR count). The molecule has 4 heteroatoms. The van der Waals surface area contributed by atoms with Gasteiger partial charge in [-0.15, -0.1) is 0 Å². The van der Waals surface area contributed by atoms with Gasteiger partial charge < -0.3 is 10.4 Å². The van der Waals surface area contributed by atoms with E-state index in [1.807, 2.05) is 43.8 Å². The third kappa shape index (κ3) is 3.02. The lowest BCUT2D eigenvalue weighted by Gasteiger charge is -2.24. The van der Waals surface area contributed by atoms with Gasteiger partial charge in [-0.1, -0.05) is 23.8 Å². The normalized spacial score (nSPS) is 23.0. The molecule has 1 unspecified atom stereocenters. The van der Waals surface area contributed by atoms with E-state index in [1.165, 1.54) is 24.3 Å². The molecule has 22 heavy (non-hydrogen) atoms. The molecule has 0 aliphatic carbocycles. The summed E-state index contributed by atoms with van der Waals surface area (Å²) in [4.78, 5) is 12.4. The highest BCUT2D eigenvalue weighted by Crippen LogP contribution is 2.33. The fourth-order valence-corrected chi connectivity index (χ4v) is 4.54. The molecule has 0 aromatic heterocycles. The molecule has 0 spiro atoms. The van der Waals surface area contributed by atoms with Crippen LogP contribution < -0.4 is 5.32 Å². The molecular formula is C18H23NO2S. The van der Waals surface area contributed by atoms with Crippen molar-refractivity contribution >= 4 is 23.2 Å². The van der Waals surface area contributed by atoms with Gasteiger partial charge in [-0.05, 0) is 61.7 Å². The average Bonchev–Trinajstić information content (AvgIpc) is 2.77. The Bertz CT molecular complexity index is 618. The van der Waals surface area contributed by atoms with E-state index in [0.29, 0.717) is 11.5 Å². The van der Waals surface area contributed by atoms with E-state index in [1.54, 1.807) is 0 Å². The lowest BCUT2D eigenvalue weighted by Crippen LogP contribution is -2.31. The summed E-state index contributed by atoms with van der Waals surface area (Å²) in [6.07, 6.45) is 3.22. The molecule has 3 nitrogen and oxygen atoms in total. The van der Waals surface area contributed by atoms with Gasteiger partial charge in [-0.2, -0.15) is 11.8 Å². The summed E-state index contributed by atoms with van der Waals surface area (Å²) < 4.78 is 0. The second-order valence-corrected chi connectivity index (χ2v) is 7.62. The molecule has 1 atom stereocenters. The molecule has 1 aromatic carbocycles. The van der Waals surface area contributed by atoms with E-state index in [9.17, 15) is 9.90 Å². The van der Waals surface area contributed by atoms with Gasteiger partial charge in [0.25, 0.3) is 5.91 Å². The Balaban J connectivity index is 1.86. The zero-order chi connectivity index (χ0) is 15.7. The van der Waals surface area contributed by atoms with Crippen molar-refractivity contribution in [1.29, 1.82) is 0 Å². The fourth-order valence-electron chi connectivity index (χ4n) is 3.34. The fraction of sp³-hybridized carbons (Fsp3) is 0.500. The van der Waals surface area contributed by atoms with Crippen LogP contribution in [0.4, 0.5) is 0 Å². The molecule has 118 valence electrons. The number of nitrogens with one attached hydrogen (secondary N) is 1. The van der Waals surface area contributed by atoms with E-state index in [0.717, 1.165) is 23.1 Å². The number of carbonyl (C=O) groups is 1. The van der Waals surface area contributed by atoms with Crippen LogP contribution in [0.2, 0.25) is 0 Å². The van der Waals surface area contributed by atoms with Crippen molar-refractivity contribution < 1.29 is 9.90 Å². The van der Waals surface area contributed by atoms with Gasteiger partial charge >= 0.3 is 0 Å². The van der Waals surface area contributed by atoms with Gasteiger partial charge in [0.1, 0.15) is 5.76 Å². The molecule has 0 radical (unpaired) electrons. The zero-order valence-electron chi connectivity index (χ0n) is 13.2. The SMILES string of the molecule is Cc1ccc(C)c(C2=C(O)C(CC3CCSCC3)NC2=O)c1. The first-order valence-electron chi connectivity index (χ1n) is 7.95. The van der Waals surface area contributed by atoms with Crippen LogP contribution in [0.15, 0.2) is 24.0 Å². The second kappa shape index (κ2) is 6.37. The van der Waals surface area contributed by atoms with Crippen molar-refractivity contribution in [2.75, 3.05) is 11.5 Å². The highest BCUT2D eigenvalue weighted by Gasteiger charge is 2.34. The number of aryl methyl sites for hydroxylation is 2. The van der Waals surface area contributed by atoms with Crippen molar-refractivity contribution in [1.82, 2.24) is 5.32 Å². The Kier molecular flexibility index (Phi) is 4.48. The molecule has 2 aliphatic heterocycles. The number of aliphatic hydroxyl groups is 1. The van der Waals surface area contributed by atoms with E-state index < -0.39 is 0 Å². The van der Waals surface area contributed by atoms with E-state index in [4.69, 9.17) is 0 Å². The van der Waals surface area contributed by atoms with Crippen LogP contribution in [-0.2, 0) is 4.79 Å². The smallest absolute Gasteiger partial charge is 0.255 e. The standard InChI is InChI=1S/C18H23NO2S/c1-11-3-4-12(2)14(9-11)16-17(20)15(19-18(16)21)10-13-5-7-22-8-6-13/h3-4,9,13,15,20H,5-8,10H2,1-2H3,(H,19,21). The van der Waals surface area contributed by atoms with Crippen LogP contribution in [0.5, 0.6) is 0 Å². The molecule has 2 heterocycles. The molecule has 1 fully saturated rings. The molecule has 2 aliphatic rings. The number of aliphatic hydroxyl groups excluding tert-OH is 1. The Morgan fingerprint density at radius 3 is 2.73 bits per heavy atom. The largest absolute Gasteiger partial charge is 0.509 e. The topological polar surface area (TPSA) is 49.3 Å². The number of carbonyl (C=O) groups excluding carboxylic acids is 1. The monoisotopic (exact) mass is 317 g/mol. The number of amides is 1. The summed E-state index contributed by atoms with van der Waals surface area (Å²) in [7, 11) is 0. The van der Waals surface area contributed by atoms with Gasteiger partial charge in [-0.3, -0.25) is 4.79 Å². The van der Waals surface area contributed by atoms with Crippen LogP contribution in [-0.4, -0.2) is 28.6 Å². The lowest BCUT2D eigenvalue weighted by molar-refractivity contribution is -0.115. The van der Waals surface area contributed by atoms with E-state index in [-0.39, 0.29) is 17.7 Å². The quantitative estimate of drug-likeness (QED) is 0.895. The maximum Gasteiger partial charge on any atom is 0.255 e. The van der Waals surface area contributed by atoms with E-state index >= 15 is 0 Å². The number of rotatable bonds is 3. The van der Waals surface area contributed by atoms with Crippen LogP contribution in [0.3, 0.4) is 0 Å². The average molecular weight is 317 g/mol. The predicted octanol–water partition coefficient (Wildman–Crippen LogP) is 3.60. The number of hydrogen-bond acceptors (Lipinski definition) is 3. The van der Waals surface area contributed by atoms with Gasteiger partial charge in [0, 0.05) is 0 Å². The Morgan fingerprint density at radius 1 is 1.27 bits per heavy atom. The third-order valence-electron chi connectivity index (χ3n) is 4.69. The van der Waals surface area contributed by atoms with Crippen LogP contribution in [0.1, 0.15) is 36.0 Å². The second-order valence-electron chi connectivity index (χ2n) is 6.40.